The minimum absolute atomic E-state index is 0.0692. The van der Waals surface area contributed by atoms with Gasteiger partial charge in [-0.2, -0.15) is 0 Å². The predicted molar refractivity (Wildman–Crippen MR) is 135 cm³/mol. The largest absolute Gasteiger partial charge is 0.493 e. The summed E-state index contributed by atoms with van der Waals surface area (Å²) in [6.07, 6.45) is 1.86. The Morgan fingerprint density at radius 1 is 0.971 bits per heavy atom. The first-order valence-electron chi connectivity index (χ1n) is 11.0. The van der Waals surface area contributed by atoms with E-state index < -0.39 is 0 Å². The second kappa shape index (κ2) is 9.57. The van der Waals surface area contributed by atoms with Crippen LogP contribution in [0.15, 0.2) is 77.6 Å². The highest BCUT2D eigenvalue weighted by Crippen LogP contribution is 2.29. The van der Waals surface area contributed by atoms with Gasteiger partial charge in [0.05, 0.1) is 35.9 Å². The molecule has 0 aliphatic heterocycles. The zero-order chi connectivity index (χ0) is 23.5. The van der Waals surface area contributed by atoms with Crippen molar-refractivity contribution in [3.8, 4) is 17.2 Å². The average Bonchev–Trinajstić information content (AvgIpc) is 3.38. The maximum atomic E-state index is 13.0. The van der Waals surface area contributed by atoms with Gasteiger partial charge < -0.3 is 14.2 Å². The molecular weight excluding hydrogens is 448 g/mol. The van der Waals surface area contributed by atoms with Crippen LogP contribution in [0, 0.1) is 5.92 Å². The Kier molecular flexibility index (Phi) is 6.18. The number of para-hydroxylation sites is 3. The second-order valence-corrected chi connectivity index (χ2v) is 9.09. The molecule has 5 aromatic rings. The summed E-state index contributed by atoms with van der Waals surface area (Å²) in [5, 5.41) is 0. The fraction of sp³-hybridized carbons (Fsp3) is 0.185. The van der Waals surface area contributed by atoms with Crippen molar-refractivity contribution in [2.24, 2.45) is 5.92 Å². The number of nitrogens with zero attached hydrogens (tertiary/aromatic N) is 2. The van der Waals surface area contributed by atoms with Crippen LogP contribution in [0.4, 0.5) is 0 Å². The lowest BCUT2D eigenvalue weighted by molar-refractivity contribution is 0.184. The summed E-state index contributed by atoms with van der Waals surface area (Å²) in [5.74, 6) is 2.31. The third-order valence-corrected chi connectivity index (χ3v) is 6.40. The average molecular weight is 473 g/mol. The van der Waals surface area contributed by atoms with E-state index >= 15 is 0 Å². The van der Waals surface area contributed by atoms with Gasteiger partial charge in [0.25, 0.3) is 5.56 Å². The summed E-state index contributed by atoms with van der Waals surface area (Å²) in [4.78, 5) is 18.3. The highest BCUT2D eigenvalue weighted by atomic mass is 32.1. The Balaban J connectivity index is 1.32. The van der Waals surface area contributed by atoms with Crippen LogP contribution < -0.4 is 24.3 Å². The highest BCUT2D eigenvalue weighted by Gasteiger charge is 2.12. The first kappa shape index (κ1) is 22.0. The molecule has 0 bridgehead atoms. The lowest BCUT2D eigenvalue weighted by Crippen LogP contribution is -2.22. The summed E-state index contributed by atoms with van der Waals surface area (Å²) in [7, 11) is 1.61. The van der Waals surface area contributed by atoms with E-state index in [9.17, 15) is 4.79 Å². The maximum Gasteiger partial charge on any atom is 0.274 e. The van der Waals surface area contributed by atoms with Gasteiger partial charge in [-0.3, -0.25) is 4.79 Å². The van der Waals surface area contributed by atoms with E-state index in [4.69, 9.17) is 14.2 Å². The number of fused-ring (bicyclic) bond motifs is 3. The summed E-state index contributed by atoms with van der Waals surface area (Å²) in [6.45, 7) is 3.12. The van der Waals surface area contributed by atoms with E-state index in [-0.39, 0.29) is 11.5 Å². The third kappa shape index (κ3) is 4.47. The zero-order valence-electron chi connectivity index (χ0n) is 18.9. The molecule has 7 heteroatoms. The van der Waals surface area contributed by atoms with Crippen molar-refractivity contribution in [2.45, 2.75) is 6.92 Å². The number of methoxy groups -OCH3 is 1. The van der Waals surface area contributed by atoms with Crippen molar-refractivity contribution < 1.29 is 14.2 Å². The molecule has 2 heterocycles. The third-order valence-electron chi connectivity index (χ3n) is 5.43. The van der Waals surface area contributed by atoms with Gasteiger partial charge in [-0.15, -0.1) is 0 Å². The van der Waals surface area contributed by atoms with Gasteiger partial charge in [-0.25, -0.2) is 9.38 Å². The van der Waals surface area contributed by atoms with Crippen molar-refractivity contribution in [1.82, 2.24) is 9.38 Å². The van der Waals surface area contributed by atoms with E-state index in [1.54, 1.807) is 11.5 Å². The van der Waals surface area contributed by atoms with Gasteiger partial charge in [0.1, 0.15) is 5.75 Å². The predicted octanol–water partition coefficient (Wildman–Crippen LogP) is 4.56. The lowest BCUT2D eigenvalue weighted by Gasteiger charge is -2.16. The fourth-order valence-electron chi connectivity index (χ4n) is 3.69. The molecule has 0 unspecified atom stereocenters. The van der Waals surface area contributed by atoms with Crippen molar-refractivity contribution >= 4 is 33.4 Å². The van der Waals surface area contributed by atoms with Crippen molar-refractivity contribution in [2.75, 3.05) is 20.3 Å². The van der Waals surface area contributed by atoms with E-state index in [1.807, 2.05) is 78.9 Å². The first-order chi connectivity index (χ1) is 16.6. The highest BCUT2D eigenvalue weighted by molar-refractivity contribution is 7.15. The van der Waals surface area contributed by atoms with E-state index in [1.165, 1.54) is 11.3 Å². The smallest absolute Gasteiger partial charge is 0.274 e. The van der Waals surface area contributed by atoms with Crippen LogP contribution in [-0.2, 0) is 0 Å². The minimum Gasteiger partial charge on any atom is -0.493 e. The Hall–Kier alpha value is -3.84. The summed E-state index contributed by atoms with van der Waals surface area (Å²) >= 11 is 1.38. The lowest BCUT2D eigenvalue weighted by atomic mass is 10.2. The van der Waals surface area contributed by atoms with Crippen molar-refractivity contribution in [3.05, 3.63) is 93.2 Å². The first-order valence-corrected chi connectivity index (χ1v) is 11.8. The quantitative estimate of drug-likeness (QED) is 0.331. The van der Waals surface area contributed by atoms with Gasteiger partial charge >= 0.3 is 0 Å². The van der Waals surface area contributed by atoms with Gasteiger partial charge in [0.2, 0.25) is 0 Å². The minimum atomic E-state index is -0.0692. The number of thiazole rings is 1. The Bertz CT molecular complexity index is 1540. The topological polar surface area (TPSA) is 62.1 Å². The monoisotopic (exact) mass is 472 g/mol. The zero-order valence-corrected chi connectivity index (χ0v) is 19.7. The molecule has 0 aliphatic carbocycles. The number of rotatable bonds is 8. The van der Waals surface area contributed by atoms with E-state index in [0.717, 1.165) is 22.3 Å². The normalized spacial score (nSPS) is 12.8. The van der Waals surface area contributed by atoms with E-state index in [2.05, 4.69) is 11.9 Å². The Morgan fingerprint density at radius 2 is 1.74 bits per heavy atom. The molecule has 2 aromatic heterocycles. The molecule has 0 amide bonds. The van der Waals surface area contributed by atoms with Crippen LogP contribution in [0.25, 0.3) is 22.1 Å². The molecule has 0 aliphatic rings. The SMILES string of the molecule is COc1cc(/C=c2\sc3nc4ccccc4n3c2=O)ccc1OC[C@H](C)COc1ccccc1. The number of hydrogen-bond acceptors (Lipinski definition) is 6. The molecule has 0 N–H and O–H groups in total. The van der Waals surface area contributed by atoms with Crippen molar-refractivity contribution in [3.63, 3.8) is 0 Å². The van der Waals surface area contributed by atoms with Crippen LogP contribution in [-0.4, -0.2) is 29.7 Å². The molecule has 3 aromatic carbocycles. The van der Waals surface area contributed by atoms with Crippen LogP contribution >= 0.6 is 11.3 Å². The van der Waals surface area contributed by atoms with Crippen LogP contribution in [0.1, 0.15) is 12.5 Å². The molecule has 5 rings (SSSR count). The van der Waals surface area contributed by atoms with Gasteiger partial charge in [0.15, 0.2) is 16.5 Å². The van der Waals surface area contributed by atoms with Gasteiger partial charge in [-0.05, 0) is 48.0 Å². The van der Waals surface area contributed by atoms with Gasteiger partial charge in [0, 0.05) is 5.92 Å². The number of benzene rings is 3. The Labute approximate surface area is 200 Å². The summed E-state index contributed by atoms with van der Waals surface area (Å²) in [5.41, 5.74) is 2.44. The molecule has 0 fully saturated rings. The molecule has 0 spiro atoms. The van der Waals surface area contributed by atoms with Crippen LogP contribution in [0.3, 0.4) is 0 Å². The summed E-state index contributed by atoms with van der Waals surface area (Å²) in [6, 6.07) is 23.1. The van der Waals surface area contributed by atoms with E-state index in [0.29, 0.717) is 34.2 Å². The number of hydrogen-bond donors (Lipinski definition) is 0. The van der Waals surface area contributed by atoms with Crippen molar-refractivity contribution in [1.29, 1.82) is 0 Å². The molecule has 172 valence electrons. The fourth-order valence-corrected chi connectivity index (χ4v) is 4.68. The standard InChI is InChI=1S/C27H24N2O4S/c1-18(16-32-20-8-4-3-5-9-20)17-33-23-13-12-19(14-24(23)31-2)15-25-26(30)29-22-11-7-6-10-21(22)28-27(29)34-25/h3-15,18H,16-17H2,1-2H3/b25-15-/t18-/m1/s1. The molecule has 0 saturated carbocycles. The molecule has 1 atom stereocenters. The molecule has 6 nitrogen and oxygen atoms in total. The van der Waals surface area contributed by atoms with Crippen LogP contribution in [0.5, 0.6) is 17.2 Å². The van der Waals surface area contributed by atoms with Crippen LogP contribution in [0.2, 0.25) is 0 Å². The Morgan fingerprint density at radius 3 is 2.56 bits per heavy atom. The molecule has 0 saturated heterocycles. The maximum absolute atomic E-state index is 13.0. The number of aromatic nitrogens is 2. The van der Waals surface area contributed by atoms with Gasteiger partial charge in [-0.1, -0.05) is 54.7 Å². The number of ether oxygens (including phenoxy) is 3. The molecular formula is C27H24N2O4S. The summed E-state index contributed by atoms with van der Waals surface area (Å²) < 4.78 is 19.6. The molecule has 0 radical (unpaired) electrons. The number of imidazole rings is 1. The second-order valence-electron chi connectivity index (χ2n) is 8.08. The molecule has 34 heavy (non-hydrogen) atoms.